The van der Waals surface area contributed by atoms with Gasteiger partial charge in [-0.3, -0.25) is 9.78 Å². The lowest BCUT2D eigenvalue weighted by Gasteiger charge is -2.07. The molecule has 1 amide bonds. The Morgan fingerprint density at radius 1 is 1.21 bits per heavy atom. The van der Waals surface area contributed by atoms with Gasteiger partial charge in [0.05, 0.1) is 11.6 Å². The molecular formula is C17H12N4O2S. The van der Waals surface area contributed by atoms with Crippen LogP contribution >= 0.6 is 11.3 Å². The van der Waals surface area contributed by atoms with E-state index in [2.05, 4.69) is 20.3 Å². The van der Waals surface area contributed by atoms with Crippen molar-refractivity contribution in [3.05, 3.63) is 59.5 Å². The molecule has 4 heterocycles. The Balaban J connectivity index is 1.78. The maximum atomic E-state index is 12.4. The first kappa shape index (κ1) is 14.5. The number of nitrogens with one attached hydrogen (secondary N) is 1. The summed E-state index contributed by atoms with van der Waals surface area (Å²) in [5.74, 6) is 0.853. The minimum atomic E-state index is -0.337. The van der Waals surface area contributed by atoms with Crippen molar-refractivity contribution < 1.29 is 9.21 Å². The minimum absolute atomic E-state index is 0.274. The Labute approximate surface area is 141 Å². The summed E-state index contributed by atoms with van der Waals surface area (Å²) in [5, 5.41) is 5.52. The van der Waals surface area contributed by atoms with Gasteiger partial charge in [0.1, 0.15) is 16.3 Å². The van der Waals surface area contributed by atoms with Gasteiger partial charge in [-0.15, -0.1) is 11.3 Å². The number of carbonyl (C=O) groups excluding carboxylic acids is 1. The van der Waals surface area contributed by atoms with E-state index in [4.69, 9.17) is 4.42 Å². The van der Waals surface area contributed by atoms with E-state index in [0.29, 0.717) is 17.3 Å². The molecule has 4 rings (SSSR count). The van der Waals surface area contributed by atoms with Gasteiger partial charge in [0.2, 0.25) is 0 Å². The molecule has 0 saturated heterocycles. The molecule has 4 aromatic rings. The van der Waals surface area contributed by atoms with Crippen LogP contribution in [0.15, 0.2) is 52.6 Å². The highest BCUT2D eigenvalue weighted by Crippen LogP contribution is 2.28. The van der Waals surface area contributed by atoms with E-state index in [-0.39, 0.29) is 11.7 Å². The fraction of sp³-hybridized carbons (Fsp3) is 0.0588. The minimum Gasteiger partial charge on any atom is -0.459 e. The van der Waals surface area contributed by atoms with Crippen LogP contribution in [0, 0.1) is 6.92 Å². The zero-order valence-corrected chi connectivity index (χ0v) is 13.5. The van der Waals surface area contributed by atoms with Gasteiger partial charge in [-0.25, -0.2) is 9.97 Å². The molecule has 0 spiro atoms. The van der Waals surface area contributed by atoms with Crippen LogP contribution in [-0.2, 0) is 0 Å². The van der Waals surface area contributed by atoms with E-state index in [0.717, 1.165) is 15.8 Å². The van der Waals surface area contributed by atoms with Crippen molar-refractivity contribution in [1.82, 2.24) is 15.0 Å². The third-order valence-corrected chi connectivity index (χ3v) is 4.33. The largest absolute Gasteiger partial charge is 0.459 e. The third kappa shape index (κ3) is 2.55. The summed E-state index contributed by atoms with van der Waals surface area (Å²) in [4.78, 5) is 26.5. The highest BCUT2D eigenvalue weighted by Gasteiger charge is 2.17. The Kier molecular flexibility index (Phi) is 3.55. The van der Waals surface area contributed by atoms with Crippen LogP contribution in [0.5, 0.6) is 0 Å². The molecule has 0 aliphatic carbocycles. The molecule has 0 fully saturated rings. The molecule has 0 atom stereocenters. The van der Waals surface area contributed by atoms with Gasteiger partial charge in [0, 0.05) is 11.8 Å². The van der Waals surface area contributed by atoms with Crippen molar-refractivity contribution in [1.29, 1.82) is 0 Å². The normalized spacial score (nSPS) is 10.9. The van der Waals surface area contributed by atoms with Gasteiger partial charge in [0.15, 0.2) is 11.6 Å². The molecule has 4 aromatic heterocycles. The number of nitrogens with zero attached hydrogens (tertiary/aromatic N) is 3. The van der Waals surface area contributed by atoms with E-state index in [1.165, 1.54) is 17.6 Å². The number of furan rings is 1. The Hall–Kier alpha value is -3.06. The molecule has 0 aromatic carbocycles. The highest BCUT2D eigenvalue weighted by molar-refractivity contribution is 7.16. The Morgan fingerprint density at radius 3 is 2.88 bits per heavy atom. The fourth-order valence-electron chi connectivity index (χ4n) is 2.33. The monoisotopic (exact) mass is 336 g/mol. The summed E-state index contributed by atoms with van der Waals surface area (Å²) in [7, 11) is 0. The van der Waals surface area contributed by atoms with Gasteiger partial charge in [-0.1, -0.05) is 6.07 Å². The summed E-state index contributed by atoms with van der Waals surface area (Å²) < 4.78 is 5.24. The first-order valence-electron chi connectivity index (χ1n) is 7.24. The molecular weight excluding hydrogens is 324 g/mol. The first-order valence-corrected chi connectivity index (χ1v) is 8.12. The molecule has 0 saturated carbocycles. The van der Waals surface area contributed by atoms with E-state index >= 15 is 0 Å². The summed E-state index contributed by atoms with van der Waals surface area (Å²) in [6, 6.07) is 9.16. The second kappa shape index (κ2) is 5.86. The molecule has 24 heavy (non-hydrogen) atoms. The highest BCUT2D eigenvalue weighted by atomic mass is 32.1. The van der Waals surface area contributed by atoms with Crippen LogP contribution in [0.4, 0.5) is 5.82 Å². The average Bonchev–Trinajstić information content (AvgIpc) is 3.24. The molecule has 118 valence electrons. The molecule has 7 heteroatoms. The van der Waals surface area contributed by atoms with Gasteiger partial charge in [0.25, 0.3) is 5.91 Å². The van der Waals surface area contributed by atoms with Crippen molar-refractivity contribution in [3.63, 3.8) is 0 Å². The predicted molar refractivity (Wildman–Crippen MR) is 92.0 cm³/mol. The number of anilines is 1. The second-order valence-electron chi connectivity index (χ2n) is 5.14. The quantitative estimate of drug-likeness (QED) is 0.613. The van der Waals surface area contributed by atoms with Crippen molar-refractivity contribution in [2.75, 3.05) is 5.32 Å². The molecule has 1 N–H and O–H groups in total. The smallest absolute Gasteiger partial charge is 0.292 e. The van der Waals surface area contributed by atoms with Crippen LogP contribution in [0.3, 0.4) is 0 Å². The zero-order valence-electron chi connectivity index (χ0n) is 12.7. The number of hydrogen-bond acceptors (Lipinski definition) is 6. The van der Waals surface area contributed by atoms with Gasteiger partial charge < -0.3 is 9.73 Å². The van der Waals surface area contributed by atoms with Gasteiger partial charge in [-0.2, -0.15) is 0 Å². The fourth-order valence-corrected chi connectivity index (χ4v) is 3.09. The third-order valence-electron chi connectivity index (χ3n) is 3.52. The van der Waals surface area contributed by atoms with Crippen LogP contribution < -0.4 is 5.32 Å². The topological polar surface area (TPSA) is 80.9 Å². The number of aromatic nitrogens is 3. The summed E-state index contributed by atoms with van der Waals surface area (Å²) in [6.45, 7) is 1.82. The van der Waals surface area contributed by atoms with E-state index in [9.17, 15) is 4.79 Å². The van der Waals surface area contributed by atoms with Crippen LogP contribution in [0.25, 0.3) is 21.7 Å². The summed E-state index contributed by atoms with van der Waals surface area (Å²) in [5.41, 5.74) is 1.42. The number of aryl methyl sites for hydroxylation is 1. The van der Waals surface area contributed by atoms with Crippen molar-refractivity contribution in [3.8, 4) is 11.5 Å². The average molecular weight is 336 g/mol. The number of thiophene rings is 1. The van der Waals surface area contributed by atoms with Gasteiger partial charge >= 0.3 is 0 Å². The zero-order chi connectivity index (χ0) is 16.5. The maximum Gasteiger partial charge on any atom is 0.292 e. The van der Waals surface area contributed by atoms with Gasteiger partial charge in [-0.05, 0) is 36.6 Å². The summed E-state index contributed by atoms with van der Waals surface area (Å²) in [6.07, 6.45) is 3.17. The number of fused-ring (bicyclic) bond motifs is 1. The molecule has 6 nitrogen and oxygen atoms in total. The lowest BCUT2D eigenvalue weighted by Crippen LogP contribution is -2.14. The molecule has 0 unspecified atom stereocenters. The predicted octanol–water partition coefficient (Wildman–Crippen LogP) is 3.91. The van der Waals surface area contributed by atoms with Crippen molar-refractivity contribution in [2.45, 2.75) is 6.92 Å². The number of rotatable bonds is 3. The number of hydrogen-bond donors (Lipinski definition) is 1. The van der Waals surface area contributed by atoms with E-state index in [1.807, 2.05) is 36.6 Å². The lowest BCUT2D eigenvalue weighted by molar-refractivity contribution is 0.0995. The molecule has 0 radical (unpaired) electrons. The standard InChI is InChI=1S/C17H12N4O2S/c1-10-5-8-23-13(10)16(22)20-14-11-6-9-24-17(11)21-15(19-14)12-4-2-3-7-18-12/h2-9H,1H3,(H,19,20,21,22). The van der Waals surface area contributed by atoms with E-state index < -0.39 is 0 Å². The van der Waals surface area contributed by atoms with Crippen LogP contribution in [-0.4, -0.2) is 20.9 Å². The van der Waals surface area contributed by atoms with Crippen LogP contribution in [0.2, 0.25) is 0 Å². The second-order valence-corrected chi connectivity index (χ2v) is 6.03. The Bertz CT molecular complexity index is 1020. The first-order chi connectivity index (χ1) is 11.7. The van der Waals surface area contributed by atoms with Crippen LogP contribution in [0.1, 0.15) is 16.1 Å². The Morgan fingerprint density at radius 2 is 2.12 bits per heavy atom. The van der Waals surface area contributed by atoms with E-state index in [1.54, 1.807) is 12.3 Å². The lowest BCUT2D eigenvalue weighted by atomic mass is 10.2. The maximum absolute atomic E-state index is 12.4. The summed E-state index contributed by atoms with van der Waals surface area (Å²) >= 11 is 1.48. The molecule has 0 aliphatic rings. The van der Waals surface area contributed by atoms with Crippen molar-refractivity contribution >= 4 is 33.3 Å². The number of amides is 1. The number of pyridine rings is 1. The number of carbonyl (C=O) groups is 1. The van der Waals surface area contributed by atoms with Crippen molar-refractivity contribution in [2.24, 2.45) is 0 Å². The molecule has 0 bridgehead atoms. The SMILES string of the molecule is Cc1ccoc1C(=O)Nc1nc(-c2ccccn2)nc2sccc12. The molecule has 0 aliphatic heterocycles.